The quantitative estimate of drug-likeness (QED) is 0.556. The lowest BCUT2D eigenvalue weighted by molar-refractivity contribution is -0.119. The Morgan fingerprint density at radius 1 is 1.13 bits per heavy atom. The second-order valence-electron chi connectivity index (χ2n) is 6.53. The Morgan fingerprint density at radius 3 is 2.55 bits per heavy atom. The second-order valence-corrected chi connectivity index (χ2v) is 9.06. The first-order valence-electron chi connectivity index (χ1n) is 8.81. The molecule has 0 fully saturated rings. The zero-order chi connectivity index (χ0) is 22.8. The van der Waals surface area contributed by atoms with E-state index in [9.17, 15) is 22.8 Å². The summed E-state index contributed by atoms with van der Waals surface area (Å²) in [5, 5.41) is 2.72. The number of para-hydroxylation sites is 1. The van der Waals surface area contributed by atoms with Crippen molar-refractivity contribution in [3.8, 4) is 0 Å². The fourth-order valence-corrected chi connectivity index (χ4v) is 3.97. The number of hydrogen-bond donors (Lipinski definition) is 1. The van der Waals surface area contributed by atoms with Gasteiger partial charge in [-0.2, -0.15) is 0 Å². The van der Waals surface area contributed by atoms with Gasteiger partial charge in [0.05, 0.1) is 10.4 Å². The monoisotopic (exact) mass is 464 g/mol. The fraction of sp³-hybridized carbons (Fsp3) is 0.150. The average Bonchev–Trinajstić information content (AvgIpc) is 2.73. The molecule has 0 saturated carbocycles. The van der Waals surface area contributed by atoms with E-state index in [4.69, 9.17) is 20.8 Å². The van der Waals surface area contributed by atoms with E-state index in [2.05, 4.69) is 5.32 Å². The normalized spacial score (nSPS) is 11.5. The number of nitrogens with zero attached hydrogens (tertiary/aromatic N) is 1. The molecular formula is C20H17ClN2O7S. The molecule has 0 saturated heterocycles. The summed E-state index contributed by atoms with van der Waals surface area (Å²) in [7, 11) is -1.13. The number of carbonyl (C=O) groups is 2. The summed E-state index contributed by atoms with van der Waals surface area (Å²) in [6, 6.07) is 11.3. The Hall–Kier alpha value is -3.21. The maximum Gasteiger partial charge on any atom is 0.374 e. The second kappa shape index (κ2) is 8.88. The number of fused-ring (bicyclic) bond motifs is 1. The molecule has 1 heterocycles. The molecule has 0 radical (unpaired) electrons. The van der Waals surface area contributed by atoms with Crippen molar-refractivity contribution in [2.75, 3.05) is 26.0 Å². The number of nitrogens with one attached hydrogen (secondary N) is 1. The van der Waals surface area contributed by atoms with Gasteiger partial charge in [-0.15, -0.1) is 0 Å². The van der Waals surface area contributed by atoms with Crippen molar-refractivity contribution in [1.82, 2.24) is 4.31 Å². The van der Waals surface area contributed by atoms with Gasteiger partial charge in [0.15, 0.2) is 12.0 Å². The Labute approximate surface area is 182 Å². The molecule has 0 atom stereocenters. The molecule has 31 heavy (non-hydrogen) atoms. The van der Waals surface area contributed by atoms with Crippen LogP contribution < -0.4 is 10.7 Å². The highest BCUT2D eigenvalue weighted by Crippen LogP contribution is 2.26. The van der Waals surface area contributed by atoms with E-state index in [1.54, 1.807) is 18.2 Å². The van der Waals surface area contributed by atoms with E-state index in [1.807, 2.05) is 0 Å². The Morgan fingerprint density at radius 2 is 1.84 bits per heavy atom. The number of amides is 1. The zero-order valence-electron chi connectivity index (χ0n) is 16.4. The number of rotatable bonds is 6. The third-order valence-electron chi connectivity index (χ3n) is 4.14. The standard InChI is InChI=1S/C20H17ClN2O7S/c1-23(2)31(27,28)18-9-12(7-8-14(18)21)22-19(25)11-29-20(26)17-10-15(24)13-5-3-4-6-16(13)30-17/h3-10H,11H2,1-2H3,(H,22,25). The van der Waals surface area contributed by atoms with Gasteiger partial charge in [0, 0.05) is 25.8 Å². The molecular weight excluding hydrogens is 448 g/mol. The molecule has 11 heteroatoms. The molecule has 0 aliphatic rings. The summed E-state index contributed by atoms with van der Waals surface area (Å²) >= 11 is 5.96. The van der Waals surface area contributed by atoms with Gasteiger partial charge in [-0.05, 0) is 30.3 Å². The van der Waals surface area contributed by atoms with Crippen LogP contribution in [0.15, 0.2) is 62.6 Å². The lowest BCUT2D eigenvalue weighted by Crippen LogP contribution is -2.24. The lowest BCUT2D eigenvalue weighted by atomic mass is 10.2. The van der Waals surface area contributed by atoms with E-state index >= 15 is 0 Å². The molecule has 2 aromatic carbocycles. The van der Waals surface area contributed by atoms with Crippen molar-refractivity contribution >= 4 is 50.2 Å². The number of carbonyl (C=O) groups excluding carboxylic acids is 2. The summed E-state index contributed by atoms with van der Waals surface area (Å²) in [6.45, 7) is -0.687. The van der Waals surface area contributed by atoms with Gasteiger partial charge in [-0.3, -0.25) is 9.59 Å². The first-order valence-corrected chi connectivity index (χ1v) is 10.6. The minimum atomic E-state index is -3.83. The number of anilines is 1. The number of halogens is 1. The molecule has 1 aromatic heterocycles. The van der Waals surface area contributed by atoms with Gasteiger partial charge in [0.2, 0.25) is 15.8 Å². The van der Waals surface area contributed by atoms with Crippen molar-refractivity contribution in [1.29, 1.82) is 0 Å². The molecule has 1 amide bonds. The highest BCUT2D eigenvalue weighted by Gasteiger charge is 2.22. The van der Waals surface area contributed by atoms with Crippen LogP contribution in [-0.4, -0.2) is 45.3 Å². The fourth-order valence-electron chi connectivity index (χ4n) is 2.58. The van der Waals surface area contributed by atoms with Crippen LogP contribution in [0.5, 0.6) is 0 Å². The van der Waals surface area contributed by atoms with E-state index in [-0.39, 0.29) is 26.9 Å². The minimum absolute atomic E-state index is 0.00976. The van der Waals surface area contributed by atoms with Crippen LogP contribution in [0.4, 0.5) is 5.69 Å². The Kier molecular flexibility index (Phi) is 6.44. The molecule has 162 valence electrons. The SMILES string of the molecule is CN(C)S(=O)(=O)c1cc(NC(=O)COC(=O)c2cc(=O)c3ccccc3o2)ccc1Cl. The van der Waals surface area contributed by atoms with Gasteiger partial charge in [-0.1, -0.05) is 23.7 Å². The van der Waals surface area contributed by atoms with Gasteiger partial charge in [0.1, 0.15) is 10.5 Å². The van der Waals surface area contributed by atoms with Crippen molar-refractivity contribution in [3.05, 3.63) is 69.5 Å². The van der Waals surface area contributed by atoms with Gasteiger partial charge in [0.25, 0.3) is 5.91 Å². The highest BCUT2D eigenvalue weighted by atomic mass is 35.5. The maximum absolute atomic E-state index is 12.3. The molecule has 9 nitrogen and oxygen atoms in total. The van der Waals surface area contributed by atoms with Crippen LogP contribution >= 0.6 is 11.6 Å². The van der Waals surface area contributed by atoms with Crippen molar-refractivity contribution in [2.45, 2.75) is 4.90 Å². The Bertz CT molecular complexity index is 1330. The number of benzene rings is 2. The predicted molar refractivity (Wildman–Crippen MR) is 114 cm³/mol. The zero-order valence-corrected chi connectivity index (χ0v) is 18.0. The molecule has 0 bridgehead atoms. The topological polar surface area (TPSA) is 123 Å². The largest absolute Gasteiger partial charge is 0.450 e. The van der Waals surface area contributed by atoms with Crippen LogP contribution in [-0.2, 0) is 19.6 Å². The number of esters is 1. The molecule has 3 aromatic rings. The number of hydrogen-bond acceptors (Lipinski definition) is 7. The van der Waals surface area contributed by atoms with Crippen LogP contribution in [0.1, 0.15) is 10.6 Å². The van der Waals surface area contributed by atoms with E-state index < -0.39 is 33.9 Å². The molecule has 0 aliphatic carbocycles. The van der Waals surface area contributed by atoms with Gasteiger partial charge < -0.3 is 14.5 Å². The van der Waals surface area contributed by atoms with Gasteiger partial charge in [-0.25, -0.2) is 17.5 Å². The van der Waals surface area contributed by atoms with Gasteiger partial charge >= 0.3 is 5.97 Å². The smallest absolute Gasteiger partial charge is 0.374 e. The lowest BCUT2D eigenvalue weighted by Gasteiger charge is -2.14. The van der Waals surface area contributed by atoms with Crippen molar-refractivity contribution in [3.63, 3.8) is 0 Å². The minimum Gasteiger partial charge on any atom is -0.450 e. The van der Waals surface area contributed by atoms with Crippen LogP contribution in [0.25, 0.3) is 11.0 Å². The summed E-state index contributed by atoms with van der Waals surface area (Å²) in [4.78, 5) is 36.2. The highest BCUT2D eigenvalue weighted by molar-refractivity contribution is 7.89. The summed E-state index contributed by atoms with van der Waals surface area (Å²) in [5.41, 5.74) is -0.0700. The van der Waals surface area contributed by atoms with Crippen molar-refractivity contribution < 1.29 is 27.2 Å². The van der Waals surface area contributed by atoms with Crippen LogP contribution in [0.2, 0.25) is 5.02 Å². The summed E-state index contributed by atoms with van der Waals surface area (Å²) < 4.78 is 35.8. The summed E-state index contributed by atoms with van der Waals surface area (Å²) in [6.07, 6.45) is 0. The van der Waals surface area contributed by atoms with E-state index in [0.717, 1.165) is 10.4 Å². The predicted octanol–water partition coefficient (Wildman–Crippen LogP) is 2.49. The van der Waals surface area contributed by atoms with Crippen LogP contribution in [0.3, 0.4) is 0 Å². The maximum atomic E-state index is 12.3. The molecule has 0 spiro atoms. The number of ether oxygens (including phenoxy) is 1. The third kappa shape index (κ3) is 4.93. The number of sulfonamides is 1. The summed E-state index contributed by atoms with van der Waals surface area (Å²) in [5.74, 6) is -2.07. The molecule has 3 rings (SSSR count). The Balaban J connectivity index is 1.70. The third-order valence-corrected chi connectivity index (χ3v) is 6.44. The first kappa shape index (κ1) is 22.5. The van der Waals surface area contributed by atoms with Crippen LogP contribution in [0, 0.1) is 0 Å². The first-order chi connectivity index (χ1) is 14.6. The van der Waals surface area contributed by atoms with Crippen molar-refractivity contribution in [2.24, 2.45) is 0 Å². The average molecular weight is 465 g/mol. The molecule has 0 unspecified atom stereocenters. The van der Waals surface area contributed by atoms with E-state index in [1.165, 1.54) is 38.4 Å². The molecule has 0 aliphatic heterocycles. The molecule has 1 N–H and O–H groups in total. The van der Waals surface area contributed by atoms with E-state index in [0.29, 0.717) is 5.39 Å².